The van der Waals surface area contributed by atoms with Gasteiger partial charge < -0.3 is 9.47 Å². The van der Waals surface area contributed by atoms with Crippen LogP contribution in [-0.2, 0) is 11.2 Å². The summed E-state index contributed by atoms with van der Waals surface area (Å²) in [6, 6.07) is 10.2. The lowest BCUT2D eigenvalue weighted by Crippen LogP contribution is -2.29. The molecule has 0 N–H and O–H groups in total. The molecule has 1 saturated heterocycles. The number of hydrogen-bond acceptors (Lipinski definition) is 1. The van der Waals surface area contributed by atoms with Gasteiger partial charge in [0.2, 0.25) is 5.91 Å². The van der Waals surface area contributed by atoms with E-state index in [0.29, 0.717) is 6.42 Å². The molecule has 3 rings (SSSR count). The average Bonchev–Trinajstić information content (AvgIpc) is 3.10. The van der Waals surface area contributed by atoms with Gasteiger partial charge in [0.25, 0.3) is 0 Å². The lowest BCUT2D eigenvalue weighted by atomic mass is 10.2. The van der Waals surface area contributed by atoms with E-state index in [4.69, 9.17) is 0 Å². The van der Waals surface area contributed by atoms with Crippen molar-refractivity contribution in [1.82, 2.24) is 9.47 Å². The normalized spacial score (nSPS) is 14.8. The Bertz CT molecular complexity index is 597. The summed E-state index contributed by atoms with van der Waals surface area (Å²) in [5.74, 6) is -0.0832. The SMILES string of the molecule is O=C(Cc1cccn1-c1ccc(F)cc1)N1CCCC1. The third kappa shape index (κ3) is 2.59. The molecule has 0 unspecified atom stereocenters. The lowest BCUT2D eigenvalue weighted by Gasteiger charge is -2.16. The molecule has 1 aliphatic rings. The summed E-state index contributed by atoms with van der Waals surface area (Å²) in [6.07, 6.45) is 4.50. The Hall–Kier alpha value is -2.10. The molecule has 0 spiro atoms. The fourth-order valence-electron chi connectivity index (χ4n) is 2.65. The summed E-state index contributed by atoms with van der Waals surface area (Å²) in [5, 5.41) is 0. The molecular formula is C16H17FN2O. The molecule has 0 atom stereocenters. The summed E-state index contributed by atoms with van der Waals surface area (Å²) in [6.45, 7) is 1.74. The molecule has 0 aliphatic carbocycles. The zero-order chi connectivity index (χ0) is 13.9. The minimum Gasteiger partial charge on any atom is -0.342 e. The standard InChI is InChI=1S/C16H17FN2O/c17-13-5-7-14(8-6-13)19-11-3-4-15(19)12-16(20)18-9-1-2-10-18/h3-8,11H,1-2,9-10,12H2. The molecule has 1 aromatic heterocycles. The Kier molecular flexibility index (Phi) is 3.54. The molecule has 20 heavy (non-hydrogen) atoms. The van der Waals surface area contributed by atoms with Crippen molar-refractivity contribution in [3.8, 4) is 5.69 Å². The largest absolute Gasteiger partial charge is 0.342 e. The maximum Gasteiger partial charge on any atom is 0.228 e. The van der Waals surface area contributed by atoms with Gasteiger partial charge in [-0.25, -0.2) is 4.39 Å². The number of benzene rings is 1. The summed E-state index contributed by atoms with van der Waals surface area (Å²) in [4.78, 5) is 14.1. The Morgan fingerprint density at radius 3 is 2.50 bits per heavy atom. The predicted octanol–water partition coefficient (Wildman–Crippen LogP) is 2.78. The molecule has 3 nitrogen and oxygen atoms in total. The highest BCUT2D eigenvalue weighted by molar-refractivity contribution is 5.78. The molecule has 1 amide bonds. The molecule has 0 saturated carbocycles. The van der Waals surface area contributed by atoms with Crippen LogP contribution in [0.4, 0.5) is 4.39 Å². The summed E-state index contributed by atoms with van der Waals surface area (Å²) < 4.78 is 14.9. The molecule has 1 aliphatic heterocycles. The number of amides is 1. The van der Waals surface area contributed by atoms with E-state index in [1.165, 1.54) is 12.1 Å². The van der Waals surface area contributed by atoms with Crippen LogP contribution < -0.4 is 0 Å². The highest BCUT2D eigenvalue weighted by atomic mass is 19.1. The first-order valence-corrected chi connectivity index (χ1v) is 6.94. The molecule has 4 heteroatoms. The van der Waals surface area contributed by atoms with Crippen molar-refractivity contribution in [2.24, 2.45) is 0 Å². The first-order valence-electron chi connectivity index (χ1n) is 6.94. The van der Waals surface area contributed by atoms with E-state index in [1.54, 1.807) is 12.1 Å². The molecule has 104 valence electrons. The van der Waals surface area contributed by atoms with Gasteiger partial charge in [-0.3, -0.25) is 4.79 Å². The van der Waals surface area contributed by atoms with Crippen LogP contribution in [0.2, 0.25) is 0 Å². The monoisotopic (exact) mass is 272 g/mol. The van der Waals surface area contributed by atoms with E-state index < -0.39 is 0 Å². The second kappa shape index (κ2) is 5.49. The average molecular weight is 272 g/mol. The van der Waals surface area contributed by atoms with Crippen LogP contribution in [0.3, 0.4) is 0 Å². The van der Waals surface area contributed by atoms with Gasteiger partial charge in [-0.2, -0.15) is 0 Å². The topological polar surface area (TPSA) is 25.2 Å². The molecular weight excluding hydrogens is 255 g/mol. The lowest BCUT2D eigenvalue weighted by molar-refractivity contribution is -0.129. The Balaban J connectivity index is 1.79. The smallest absolute Gasteiger partial charge is 0.228 e. The number of carbonyl (C=O) groups is 1. The van der Waals surface area contributed by atoms with Gasteiger partial charge in [-0.1, -0.05) is 0 Å². The third-order valence-electron chi connectivity index (χ3n) is 3.73. The third-order valence-corrected chi connectivity index (χ3v) is 3.73. The number of carbonyl (C=O) groups excluding carboxylic acids is 1. The molecule has 2 aromatic rings. The number of halogens is 1. The molecule has 1 aromatic carbocycles. The van der Waals surface area contributed by atoms with Crippen molar-refractivity contribution in [2.45, 2.75) is 19.3 Å². The zero-order valence-electron chi connectivity index (χ0n) is 11.3. The maximum atomic E-state index is 13.0. The number of aromatic nitrogens is 1. The van der Waals surface area contributed by atoms with Gasteiger partial charge >= 0.3 is 0 Å². The maximum absolute atomic E-state index is 13.0. The van der Waals surface area contributed by atoms with Crippen LogP contribution in [0.5, 0.6) is 0 Å². The van der Waals surface area contributed by atoms with E-state index in [9.17, 15) is 9.18 Å². The molecule has 2 heterocycles. The zero-order valence-corrected chi connectivity index (χ0v) is 11.3. The van der Waals surface area contributed by atoms with Gasteiger partial charge in [0.15, 0.2) is 0 Å². The van der Waals surface area contributed by atoms with E-state index in [0.717, 1.165) is 37.3 Å². The summed E-state index contributed by atoms with van der Waals surface area (Å²) >= 11 is 0. The van der Waals surface area contributed by atoms with Gasteiger partial charge in [-0.05, 0) is 49.2 Å². The first-order chi connectivity index (χ1) is 9.74. The van der Waals surface area contributed by atoms with E-state index in [1.807, 2.05) is 27.8 Å². The van der Waals surface area contributed by atoms with Crippen molar-refractivity contribution in [3.05, 3.63) is 54.1 Å². The van der Waals surface area contributed by atoms with Crippen molar-refractivity contribution < 1.29 is 9.18 Å². The number of nitrogens with zero attached hydrogens (tertiary/aromatic N) is 2. The van der Waals surface area contributed by atoms with E-state index >= 15 is 0 Å². The van der Waals surface area contributed by atoms with Crippen LogP contribution in [0.1, 0.15) is 18.5 Å². The fourth-order valence-corrected chi connectivity index (χ4v) is 2.65. The highest BCUT2D eigenvalue weighted by Gasteiger charge is 2.19. The Labute approximate surface area is 117 Å². The van der Waals surface area contributed by atoms with E-state index in [2.05, 4.69) is 0 Å². The predicted molar refractivity (Wildman–Crippen MR) is 75.2 cm³/mol. The quantitative estimate of drug-likeness (QED) is 0.843. The van der Waals surface area contributed by atoms with Crippen LogP contribution in [0.25, 0.3) is 5.69 Å². The number of likely N-dealkylation sites (tertiary alicyclic amines) is 1. The first kappa shape index (κ1) is 12.9. The minimum absolute atomic E-state index is 0.171. The molecule has 0 radical (unpaired) electrons. The summed E-state index contributed by atoms with van der Waals surface area (Å²) in [7, 11) is 0. The summed E-state index contributed by atoms with van der Waals surface area (Å²) in [5.41, 5.74) is 1.81. The minimum atomic E-state index is -0.254. The van der Waals surface area contributed by atoms with Crippen molar-refractivity contribution in [1.29, 1.82) is 0 Å². The van der Waals surface area contributed by atoms with Crippen LogP contribution in [-0.4, -0.2) is 28.5 Å². The van der Waals surface area contributed by atoms with Crippen molar-refractivity contribution >= 4 is 5.91 Å². The molecule has 0 bridgehead atoms. The van der Waals surface area contributed by atoms with Crippen LogP contribution >= 0.6 is 0 Å². The van der Waals surface area contributed by atoms with Gasteiger partial charge in [-0.15, -0.1) is 0 Å². The molecule has 1 fully saturated rings. The second-order valence-corrected chi connectivity index (χ2v) is 5.11. The van der Waals surface area contributed by atoms with Crippen molar-refractivity contribution in [3.63, 3.8) is 0 Å². The van der Waals surface area contributed by atoms with Gasteiger partial charge in [0.05, 0.1) is 6.42 Å². The van der Waals surface area contributed by atoms with Gasteiger partial charge in [0, 0.05) is 30.7 Å². The Morgan fingerprint density at radius 2 is 1.80 bits per heavy atom. The fraction of sp³-hybridized carbons (Fsp3) is 0.312. The van der Waals surface area contributed by atoms with Crippen LogP contribution in [0, 0.1) is 5.82 Å². The second-order valence-electron chi connectivity index (χ2n) is 5.11. The van der Waals surface area contributed by atoms with Crippen molar-refractivity contribution in [2.75, 3.05) is 13.1 Å². The van der Waals surface area contributed by atoms with E-state index in [-0.39, 0.29) is 11.7 Å². The Morgan fingerprint density at radius 1 is 1.10 bits per heavy atom. The number of hydrogen-bond donors (Lipinski definition) is 0. The van der Waals surface area contributed by atoms with Gasteiger partial charge in [0.1, 0.15) is 5.82 Å². The highest BCUT2D eigenvalue weighted by Crippen LogP contribution is 2.16. The van der Waals surface area contributed by atoms with Crippen LogP contribution in [0.15, 0.2) is 42.6 Å². The number of rotatable bonds is 3.